The maximum absolute atomic E-state index is 12.4. The van der Waals surface area contributed by atoms with Crippen LogP contribution in [0.25, 0.3) is 0 Å². The molecule has 4 rings (SSSR count). The van der Waals surface area contributed by atoms with Gasteiger partial charge in [-0.2, -0.15) is 0 Å². The van der Waals surface area contributed by atoms with Gasteiger partial charge in [-0.3, -0.25) is 4.79 Å². The molecule has 3 fully saturated rings. The topological polar surface area (TPSA) is 76.0 Å². The molecular weight excluding hydrogens is 248 g/mol. The molecule has 2 N–H and O–H groups in total. The monoisotopic (exact) mass is 266 g/mol. The summed E-state index contributed by atoms with van der Waals surface area (Å²) in [5.41, 5.74) is -1.24. The minimum atomic E-state index is -1.96. The van der Waals surface area contributed by atoms with Crippen molar-refractivity contribution in [3.05, 3.63) is 11.6 Å². The molecule has 5 nitrogen and oxygen atoms in total. The molecule has 1 saturated carbocycles. The predicted octanol–water partition coefficient (Wildman–Crippen LogP) is 0.497. The van der Waals surface area contributed by atoms with Gasteiger partial charge in [0.1, 0.15) is 0 Å². The molecule has 0 bridgehead atoms. The van der Waals surface area contributed by atoms with Crippen LogP contribution in [0.1, 0.15) is 33.6 Å². The molecule has 2 heterocycles. The molecule has 0 aromatic heterocycles. The van der Waals surface area contributed by atoms with Gasteiger partial charge in [0.25, 0.3) is 0 Å². The molecule has 0 unspecified atom stereocenters. The van der Waals surface area contributed by atoms with Crippen LogP contribution >= 0.6 is 0 Å². The average molecular weight is 266 g/mol. The Hall–Kier alpha value is -0.750. The van der Waals surface area contributed by atoms with Crippen molar-refractivity contribution in [2.24, 2.45) is 11.3 Å². The van der Waals surface area contributed by atoms with Crippen molar-refractivity contribution in [1.82, 2.24) is 0 Å². The molecule has 2 aliphatic heterocycles. The largest absolute Gasteiger partial charge is 0.360 e. The third-order valence-corrected chi connectivity index (χ3v) is 5.33. The Balaban J connectivity index is 1.94. The Labute approximate surface area is 111 Å². The molecule has 0 radical (unpaired) electrons. The molecule has 5 atom stereocenters. The van der Waals surface area contributed by atoms with Crippen LogP contribution in [-0.4, -0.2) is 39.3 Å². The minimum absolute atomic E-state index is 0.0705. The van der Waals surface area contributed by atoms with Gasteiger partial charge in [0.15, 0.2) is 5.78 Å². The number of carbonyl (C=O) groups excluding carboxylic acids is 1. The highest BCUT2D eigenvalue weighted by molar-refractivity contribution is 6.01. The van der Waals surface area contributed by atoms with Crippen LogP contribution in [0, 0.1) is 11.3 Å². The lowest BCUT2D eigenvalue weighted by atomic mass is 9.74. The fourth-order valence-electron chi connectivity index (χ4n) is 4.43. The second kappa shape index (κ2) is 2.81. The van der Waals surface area contributed by atoms with Gasteiger partial charge in [-0.1, -0.05) is 0 Å². The van der Waals surface area contributed by atoms with Crippen LogP contribution in [0.15, 0.2) is 11.6 Å². The van der Waals surface area contributed by atoms with E-state index in [0.29, 0.717) is 18.4 Å². The lowest BCUT2D eigenvalue weighted by Gasteiger charge is -2.46. The summed E-state index contributed by atoms with van der Waals surface area (Å²) in [5, 5.41) is 21.8. The lowest BCUT2D eigenvalue weighted by molar-refractivity contribution is -0.387. The molecule has 0 aromatic rings. The molecule has 0 amide bonds. The number of carbonyl (C=O) groups is 1. The third-order valence-electron chi connectivity index (χ3n) is 5.33. The Kier molecular flexibility index (Phi) is 1.78. The van der Waals surface area contributed by atoms with Crippen LogP contribution < -0.4 is 0 Å². The van der Waals surface area contributed by atoms with Crippen LogP contribution in [0.5, 0.6) is 0 Å². The molecule has 2 aliphatic carbocycles. The molecule has 4 aliphatic rings. The first-order valence-corrected chi connectivity index (χ1v) is 6.76. The molecule has 5 heteroatoms. The number of hydrogen-bond acceptors (Lipinski definition) is 5. The fourth-order valence-corrected chi connectivity index (χ4v) is 4.43. The molecule has 104 valence electrons. The van der Waals surface area contributed by atoms with Crippen LogP contribution in [-0.2, 0) is 14.3 Å². The normalized spacial score (nSPS) is 57.3. The Morgan fingerprint density at radius 1 is 1.37 bits per heavy atom. The molecular formula is C14H18O5. The van der Waals surface area contributed by atoms with E-state index in [4.69, 9.17) is 9.47 Å². The first-order valence-electron chi connectivity index (χ1n) is 6.76. The number of hydrogen-bond donors (Lipinski definition) is 2. The predicted molar refractivity (Wildman–Crippen MR) is 63.9 cm³/mol. The smallest absolute Gasteiger partial charge is 0.246 e. The number of ketones is 1. The molecule has 1 spiro atoms. The lowest BCUT2D eigenvalue weighted by Crippen LogP contribution is -2.65. The average Bonchev–Trinajstić information content (AvgIpc) is 2.91. The fraction of sp³-hybridized carbons (Fsp3) is 0.786. The number of aliphatic hydroxyl groups is 2. The van der Waals surface area contributed by atoms with E-state index in [1.165, 1.54) is 6.08 Å². The third kappa shape index (κ3) is 1.00. The van der Waals surface area contributed by atoms with Gasteiger partial charge < -0.3 is 19.7 Å². The van der Waals surface area contributed by atoms with E-state index in [-0.39, 0.29) is 17.8 Å². The van der Waals surface area contributed by atoms with Gasteiger partial charge in [0, 0.05) is 17.9 Å². The van der Waals surface area contributed by atoms with Gasteiger partial charge in [0.05, 0.1) is 17.1 Å². The second-order valence-electron chi connectivity index (χ2n) is 6.89. The zero-order valence-electron chi connectivity index (χ0n) is 11.3. The van der Waals surface area contributed by atoms with Crippen molar-refractivity contribution < 1.29 is 24.5 Å². The van der Waals surface area contributed by atoms with Crippen molar-refractivity contribution >= 4 is 5.78 Å². The van der Waals surface area contributed by atoms with Gasteiger partial charge in [0.2, 0.25) is 11.6 Å². The summed E-state index contributed by atoms with van der Waals surface area (Å²) < 4.78 is 11.3. The Morgan fingerprint density at radius 2 is 2.05 bits per heavy atom. The van der Waals surface area contributed by atoms with Crippen LogP contribution in [0.3, 0.4) is 0 Å². The quantitative estimate of drug-likeness (QED) is 0.667. The van der Waals surface area contributed by atoms with Gasteiger partial charge in [-0.05, 0) is 33.3 Å². The van der Waals surface area contributed by atoms with E-state index in [1.807, 2.05) is 20.8 Å². The van der Waals surface area contributed by atoms with Gasteiger partial charge in [-0.15, -0.1) is 0 Å². The number of ether oxygens (including phenoxy) is 2. The molecule has 2 saturated heterocycles. The van der Waals surface area contributed by atoms with Crippen molar-refractivity contribution in [3.8, 4) is 0 Å². The standard InChI is InChI=1S/C14H18O5/c1-7-4-8-5-10(15)12-6-9(12)11(2,3)19-14(12,17)13(8,16)18-7/h5,7,9,16-17H,4,6H2,1-3H3/t7-,9+,12+,13+,14+/m1/s1. The van der Waals surface area contributed by atoms with Gasteiger partial charge >= 0.3 is 0 Å². The Morgan fingerprint density at radius 3 is 2.68 bits per heavy atom. The van der Waals surface area contributed by atoms with E-state index < -0.39 is 22.6 Å². The zero-order chi connectivity index (χ0) is 13.8. The first kappa shape index (κ1) is 12.0. The van der Waals surface area contributed by atoms with Crippen LogP contribution in [0.4, 0.5) is 0 Å². The van der Waals surface area contributed by atoms with E-state index in [9.17, 15) is 15.0 Å². The highest BCUT2D eigenvalue weighted by Crippen LogP contribution is 2.76. The Bertz CT molecular complexity index is 538. The molecule has 19 heavy (non-hydrogen) atoms. The maximum atomic E-state index is 12.4. The van der Waals surface area contributed by atoms with E-state index in [1.54, 1.807) is 0 Å². The van der Waals surface area contributed by atoms with E-state index >= 15 is 0 Å². The van der Waals surface area contributed by atoms with Crippen LogP contribution in [0.2, 0.25) is 0 Å². The molecule has 0 aromatic carbocycles. The summed E-state index contributed by atoms with van der Waals surface area (Å²) in [6.45, 7) is 5.50. The number of allylic oxidation sites excluding steroid dienone is 1. The van der Waals surface area contributed by atoms with Gasteiger partial charge in [-0.25, -0.2) is 0 Å². The zero-order valence-corrected chi connectivity index (χ0v) is 11.3. The summed E-state index contributed by atoms with van der Waals surface area (Å²) in [7, 11) is 0. The summed E-state index contributed by atoms with van der Waals surface area (Å²) in [6.07, 6.45) is 2.20. The summed E-state index contributed by atoms with van der Waals surface area (Å²) in [4.78, 5) is 12.4. The highest BCUT2D eigenvalue weighted by Gasteiger charge is 2.88. The number of rotatable bonds is 0. The first-order chi connectivity index (χ1) is 8.67. The number of fused-ring (bicyclic) bond motifs is 2. The SMILES string of the molecule is C[C@@H]1CC2=CC(=O)[C@]34C[C@H]3C(C)(C)O[C@]4(O)[C@@]2(O)O1. The van der Waals surface area contributed by atoms with Crippen molar-refractivity contribution in [1.29, 1.82) is 0 Å². The highest BCUT2D eigenvalue weighted by atomic mass is 16.7. The van der Waals surface area contributed by atoms with Crippen molar-refractivity contribution in [2.45, 2.75) is 56.9 Å². The summed E-state index contributed by atoms with van der Waals surface area (Å²) >= 11 is 0. The van der Waals surface area contributed by atoms with E-state index in [2.05, 4.69) is 0 Å². The minimum Gasteiger partial charge on any atom is -0.360 e. The summed E-state index contributed by atoms with van der Waals surface area (Å²) in [5.74, 6) is -4.05. The van der Waals surface area contributed by atoms with E-state index in [0.717, 1.165) is 0 Å². The van der Waals surface area contributed by atoms with Crippen molar-refractivity contribution in [2.75, 3.05) is 0 Å². The van der Waals surface area contributed by atoms with Crippen molar-refractivity contribution in [3.63, 3.8) is 0 Å². The second-order valence-corrected chi connectivity index (χ2v) is 6.89. The maximum Gasteiger partial charge on any atom is 0.246 e. The summed E-state index contributed by atoms with van der Waals surface area (Å²) in [6, 6.07) is 0.